The van der Waals surface area contributed by atoms with Crippen LogP contribution < -0.4 is 0 Å². The molecule has 0 aromatic heterocycles. The molecule has 0 atom stereocenters. The molecule has 32 heavy (non-hydrogen) atoms. The van der Waals surface area contributed by atoms with Gasteiger partial charge in [-0.25, -0.2) is 0 Å². The average molecular weight is 424 g/mol. The number of ketones is 2. The highest BCUT2D eigenvalue weighted by atomic mass is 16.3. The fraction of sp³-hybridized carbons (Fsp3) is 0.143. The van der Waals surface area contributed by atoms with E-state index in [1.807, 2.05) is 38.2 Å². The lowest BCUT2D eigenvalue weighted by atomic mass is 9.82. The van der Waals surface area contributed by atoms with Gasteiger partial charge in [-0.2, -0.15) is 0 Å². The molecule has 2 aliphatic rings. The lowest BCUT2D eigenvalue weighted by Gasteiger charge is -2.20. The third kappa shape index (κ3) is 4.00. The largest absolute Gasteiger partial charge is 0.508 e. The van der Waals surface area contributed by atoms with E-state index in [1.54, 1.807) is 48.5 Å². The topological polar surface area (TPSA) is 74.6 Å². The van der Waals surface area contributed by atoms with E-state index >= 15 is 0 Å². The van der Waals surface area contributed by atoms with Gasteiger partial charge >= 0.3 is 0 Å². The molecule has 0 fully saturated rings. The zero-order valence-electron chi connectivity index (χ0n) is 18.1. The predicted molar refractivity (Wildman–Crippen MR) is 126 cm³/mol. The van der Waals surface area contributed by atoms with Crippen LogP contribution in [0.15, 0.2) is 95.1 Å². The predicted octanol–water partition coefficient (Wildman–Crippen LogP) is 5.70. The summed E-state index contributed by atoms with van der Waals surface area (Å²) in [5, 5.41) is 19.2. The van der Waals surface area contributed by atoms with Crippen molar-refractivity contribution in [2.24, 2.45) is 0 Å². The number of rotatable bonds is 4. The molecule has 4 rings (SSSR count). The molecule has 0 radical (unpaired) electrons. The van der Waals surface area contributed by atoms with Crippen LogP contribution >= 0.6 is 0 Å². The Balaban J connectivity index is 1.90. The van der Waals surface area contributed by atoms with Crippen molar-refractivity contribution in [1.29, 1.82) is 0 Å². The molecule has 2 aromatic carbocycles. The van der Waals surface area contributed by atoms with Gasteiger partial charge < -0.3 is 10.2 Å². The zero-order chi connectivity index (χ0) is 22.8. The summed E-state index contributed by atoms with van der Waals surface area (Å²) in [7, 11) is 0. The van der Waals surface area contributed by atoms with Crippen molar-refractivity contribution in [1.82, 2.24) is 0 Å². The highest BCUT2D eigenvalue weighted by molar-refractivity contribution is 6.31. The smallest absolute Gasteiger partial charge is 0.189 e. The maximum atomic E-state index is 13.0. The summed E-state index contributed by atoms with van der Waals surface area (Å²) < 4.78 is 0. The van der Waals surface area contributed by atoms with Crippen LogP contribution in [-0.2, 0) is 9.59 Å². The van der Waals surface area contributed by atoms with Crippen LogP contribution in [0.4, 0.5) is 0 Å². The van der Waals surface area contributed by atoms with E-state index in [0.29, 0.717) is 35.1 Å². The molecule has 0 spiro atoms. The van der Waals surface area contributed by atoms with E-state index in [0.717, 1.165) is 22.3 Å². The number of phenols is 2. The van der Waals surface area contributed by atoms with Gasteiger partial charge in [-0.15, -0.1) is 0 Å². The van der Waals surface area contributed by atoms with Crippen molar-refractivity contribution in [3.63, 3.8) is 0 Å². The van der Waals surface area contributed by atoms with E-state index in [9.17, 15) is 19.8 Å². The highest BCUT2D eigenvalue weighted by Crippen LogP contribution is 2.35. The van der Waals surface area contributed by atoms with E-state index in [1.165, 1.54) is 0 Å². The van der Waals surface area contributed by atoms with Gasteiger partial charge in [-0.05, 0) is 83.7 Å². The van der Waals surface area contributed by atoms with E-state index in [4.69, 9.17) is 0 Å². The number of aromatic hydroxyl groups is 2. The fourth-order valence-electron chi connectivity index (χ4n) is 3.95. The van der Waals surface area contributed by atoms with Gasteiger partial charge in [-0.3, -0.25) is 9.59 Å². The molecule has 2 aromatic rings. The van der Waals surface area contributed by atoms with Crippen LogP contribution in [0, 0.1) is 0 Å². The Morgan fingerprint density at radius 3 is 1.22 bits per heavy atom. The molecular formula is C28H24O4. The van der Waals surface area contributed by atoms with Gasteiger partial charge in [0.05, 0.1) is 0 Å². The van der Waals surface area contributed by atoms with Crippen LogP contribution in [0.25, 0.3) is 11.1 Å². The number of benzene rings is 2. The first-order valence-corrected chi connectivity index (χ1v) is 10.7. The maximum absolute atomic E-state index is 13.0. The maximum Gasteiger partial charge on any atom is 0.189 e. The Morgan fingerprint density at radius 1 is 0.562 bits per heavy atom. The summed E-state index contributed by atoms with van der Waals surface area (Å²) >= 11 is 0. The first kappa shape index (κ1) is 21.3. The second-order valence-corrected chi connectivity index (χ2v) is 7.82. The van der Waals surface area contributed by atoms with Crippen molar-refractivity contribution in [2.45, 2.75) is 26.7 Å². The Morgan fingerprint density at radius 2 is 0.906 bits per heavy atom. The van der Waals surface area contributed by atoms with Crippen molar-refractivity contribution in [2.75, 3.05) is 0 Å². The SMILES string of the molecule is CCC1=C/C(=C2/C=C(CC)C(=O)C(c3ccc(O)cc3)=C2)C=C(c2ccc(O)cc2)C1=O. The van der Waals surface area contributed by atoms with Gasteiger partial charge in [0.15, 0.2) is 11.6 Å². The molecule has 2 aliphatic carbocycles. The minimum atomic E-state index is -0.0307. The molecule has 2 N–H and O–H groups in total. The standard InChI is InChI=1S/C28H24O4/c1-3-17-13-21(15-25(27(17)31)19-5-9-23(29)10-6-19)22-14-18(4-2)28(32)26(16-22)20-7-11-24(30)12-8-20/h5-16,29-30H,3-4H2,1-2H3/b22-21+. The first-order chi connectivity index (χ1) is 15.4. The van der Waals surface area contributed by atoms with Crippen LogP contribution in [-0.4, -0.2) is 21.8 Å². The van der Waals surface area contributed by atoms with E-state index in [2.05, 4.69) is 0 Å². The Labute approximate surface area is 187 Å². The monoisotopic (exact) mass is 424 g/mol. The Hall–Kier alpha value is -3.92. The Kier molecular flexibility index (Phi) is 5.78. The van der Waals surface area contributed by atoms with Crippen LogP contribution in [0.2, 0.25) is 0 Å². The highest BCUT2D eigenvalue weighted by Gasteiger charge is 2.25. The van der Waals surface area contributed by atoms with Gasteiger partial charge in [0.2, 0.25) is 0 Å². The molecule has 4 heteroatoms. The molecule has 0 heterocycles. The average Bonchev–Trinajstić information content (AvgIpc) is 2.81. The summed E-state index contributed by atoms with van der Waals surface area (Å²) in [6, 6.07) is 13.2. The molecule has 0 unspecified atom stereocenters. The number of allylic oxidation sites excluding steroid dienone is 10. The number of hydrogen-bond donors (Lipinski definition) is 2. The van der Waals surface area contributed by atoms with Gasteiger partial charge in [-0.1, -0.05) is 38.1 Å². The fourth-order valence-corrected chi connectivity index (χ4v) is 3.95. The lowest BCUT2D eigenvalue weighted by Crippen LogP contribution is -2.13. The number of hydrogen-bond acceptors (Lipinski definition) is 4. The summed E-state index contributed by atoms with van der Waals surface area (Å²) in [5.41, 5.74) is 5.71. The van der Waals surface area contributed by atoms with E-state index < -0.39 is 0 Å². The lowest BCUT2D eigenvalue weighted by molar-refractivity contribution is -0.111. The van der Waals surface area contributed by atoms with Crippen LogP contribution in [0.3, 0.4) is 0 Å². The number of carbonyl (C=O) groups excluding carboxylic acids is 2. The molecule has 0 aliphatic heterocycles. The second kappa shape index (κ2) is 8.67. The minimum absolute atomic E-state index is 0.0307. The molecule has 0 amide bonds. The molecule has 0 saturated heterocycles. The summed E-state index contributed by atoms with van der Waals surface area (Å²) in [5.74, 6) is 0.226. The summed E-state index contributed by atoms with van der Waals surface area (Å²) in [6.07, 6.45) is 8.67. The minimum Gasteiger partial charge on any atom is -0.508 e. The van der Waals surface area contributed by atoms with Gasteiger partial charge in [0, 0.05) is 22.3 Å². The molecule has 0 bridgehead atoms. The molecule has 4 nitrogen and oxygen atoms in total. The van der Waals surface area contributed by atoms with Gasteiger partial charge in [0.1, 0.15) is 11.5 Å². The third-order valence-electron chi connectivity index (χ3n) is 5.78. The number of phenolic OH excluding ortho intramolecular Hbond substituents is 2. The van der Waals surface area contributed by atoms with Crippen molar-refractivity contribution in [3.05, 3.63) is 106 Å². The second-order valence-electron chi connectivity index (χ2n) is 7.82. The third-order valence-corrected chi connectivity index (χ3v) is 5.78. The summed E-state index contributed by atoms with van der Waals surface area (Å²) in [6.45, 7) is 3.89. The van der Waals surface area contributed by atoms with E-state index in [-0.39, 0.29) is 23.1 Å². The zero-order valence-corrected chi connectivity index (χ0v) is 18.1. The number of carbonyl (C=O) groups is 2. The van der Waals surface area contributed by atoms with Crippen molar-refractivity contribution in [3.8, 4) is 11.5 Å². The van der Waals surface area contributed by atoms with Crippen LogP contribution in [0.5, 0.6) is 11.5 Å². The molecule has 160 valence electrons. The van der Waals surface area contributed by atoms with Crippen molar-refractivity contribution < 1.29 is 19.8 Å². The molecule has 0 saturated carbocycles. The van der Waals surface area contributed by atoms with Crippen LogP contribution in [0.1, 0.15) is 37.8 Å². The molecular weight excluding hydrogens is 400 g/mol. The normalized spacial score (nSPS) is 18.7. The van der Waals surface area contributed by atoms with Gasteiger partial charge in [0.25, 0.3) is 0 Å². The van der Waals surface area contributed by atoms with Crippen molar-refractivity contribution >= 4 is 22.7 Å². The Bertz CT molecular complexity index is 1150. The number of Topliss-reactive ketones (excluding diaryl/α,β-unsaturated/α-hetero) is 2. The summed E-state index contributed by atoms with van der Waals surface area (Å²) in [4.78, 5) is 26.1. The quantitative estimate of drug-likeness (QED) is 0.660. The first-order valence-electron chi connectivity index (χ1n) is 10.7.